The van der Waals surface area contributed by atoms with Crippen molar-refractivity contribution in [3.05, 3.63) is 48.3 Å². The van der Waals surface area contributed by atoms with Crippen LogP contribution in [0.1, 0.15) is 5.56 Å². The number of aromatic nitrogens is 1. The molecular formula is C15H10FNO6S. The van der Waals surface area contributed by atoms with E-state index < -0.39 is 22.0 Å². The van der Waals surface area contributed by atoms with E-state index in [0.29, 0.717) is 5.56 Å². The molecule has 1 heterocycles. The van der Waals surface area contributed by atoms with E-state index in [4.69, 9.17) is 8.97 Å². The Morgan fingerprint density at radius 1 is 1.29 bits per heavy atom. The summed E-state index contributed by atoms with van der Waals surface area (Å²) in [5.41, 5.74) is 1.13. The molecule has 0 aliphatic carbocycles. The van der Waals surface area contributed by atoms with E-state index in [9.17, 15) is 17.9 Å². The fourth-order valence-electron chi connectivity index (χ4n) is 2.12. The standard InChI is InChI=1S/C15H10FNO6S/c1-2-8-5-10(23-24(19,20)21)7-12-14(8)22-15(17-12)9-3-4-13(18)11(16)6-9/h2-7,18H,1H2,(H,19,20,21). The zero-order valence-corrected chi connectivity index (χ0v) is 12.7. The van der Waals surface area contributed by atoms with Gasteiger partial charge in [0.25, 0.3) is 0 Å². The van der Waals surface area contributed by atoms with Gasteiger partial charge < -0.3 is 13.7 Å². The third kappa shape index (κ3) is 3.07. The van der Waals surface area contributed by atoms with Crippen LogP contribution in [0.15, 0.2) is 41.3 Å². The van der Waals surface area contributed by atoms with Crippen molar-refractivity contribution in [1.82, 2.24) is 4.98 Å². The van der Waals surface area contributed by atoms with Crippen LogP contribution in [0.4, 0.5) is 4.39 Å². The monoisotopic (exact) mass is 351 g/mol. The number of hydrogen-bond donors (Lipinski definition) is 2. The Labute approximate surface area is 135 Å². The summed E-state index contributed by atoms with van der Waals surface area (Å²) < 4.78 is 53.9. The molecule has 0 unspecified atom stereocenters. The van der Waals surface area contributed by atoms with Crippen molar-refractivity contribution in [2.45, 2.75) is 0 Å². The molecule has 124 valence electrons. The van der Waals surface area contributed by atoms with E-state index in [1.165, 1.54) is 24.3 Å². The number of hydrogen-bond acceptors (Lipinski definition) is 6. The smallest absolute Gasteiger partial charge is 0.446 e. The summed E-state index contributed by atoms with van der Waals surface area (Å²) in [5.74, 6) is -1.48. The summed E-state index contributed by atoms with van der Waals surface area (Å²) in [6.07, 6.45) is 1.38. The Morgan fingerprint density at radius 3 is 2.67 bits per heavy atom. The Balaban J connectivity index is 2.16. The molecule has 2 aromatic carbocycles. The molecule has 0 atom stereocenters. The van der Waals surface area contributed by atoms with Crippen LogP contribution < -0.4 is 4.18 Å². The molecule has 0 aliphatic rings. The van der Waals surface area contributed by atoms with Gasteiger partial charge in [-0.25, -0.2) is 9.37 Å². The zero-order chi connectivity index (χ0) is 17.5. The van der Waals surface area contributed by atoms with Crippen molar-refractivity contribution in [1.29, 1.82) is 0 Å². The van der Waals surface area contributed by atoms with Crippen LogP contribution in [0.2, 0.25) is 0 Å². The number of benzene rings is 2. The molecule has 0 saturated carbocycles. The number of rotatable bonds is 4. The fourth-order valence-corrected chi connectivity index (χ4v) is 2.46. The zero-order valence-electron chi connectivity index (χ0n) is 11.9. The van der Waals surface area contributed by atoms with Gasteiger partial charge in [-0.2, -0.15) is 8.42 Å². The maximum absolute atomic E-state index is 13.5. The third-order valence-corrected chi connectivity index (χ3v) is 3.51. The van der Waals surface area contributed by atoms with Gasteiger partial charge in [0.1, 0.15) is 11.3 Å². The summed E-state index contributed by atoms with van der Waals surface area (Å²) in [4.78, 5) is 4.13. The number of aromatic hydroxyl groups is 1. The lowest BCUT2D eigenvalue weighted by Gasteiger charge is -2.02. The number of oxazole rings is 1. The second-order valence-corrected chi connectivity index (χ2v) is 5.78. The Hall–Kier alpha value is -2.91. The largest absolute Gasteiger partial charge is 0.505 e. The minimum Gasteiger partial charge on any atom is -0.505 e. The molecule has 24 heavy (non-hydrogen) atoms. The molecule has 3 aromatic rings. The molecule has 9 heteroatoms. The van der Waals surface area contributed by atoms with Gasteiger partial charge in [0, 0.05) is 17.2 Å². The first-order chi connectivity index (χ1) is 11.3. The van der Waals surface area contributed by atoms with Crippen LogP contribution in [-0.4, -0.2) is 23.1 Å². The van der Waals surface area contributed by atoms with E-state index in [0.717, 1.165) is 12.1 Å². The predicted molar refractivity (Wildman–Crippen MR) is 83.3 cm³/mol. The quantitative estimate of drug-likeness (QED) is 0.695. The van der Waals surface area contributed by atoms with Crippen molar-refractivity contribution < 1.29 is 31.1 Å². The molecule has 1 aromatic heterocycles. The Morgan fingerprint density at radius 2 is 2.04 bits per heavy atom. The first-order valence-corrected chi connectivity index (χ1v) is 7.86. The van der Waals surface area contributed by atoms with E-state index in [-0.39, 0.29) is 28.3 Å². The summed E-state index contributed by atoms with van der Waals surface area (Å²) >= 11 is 0. The van der Waals surface area contributed by atoms with Crippen LogP contribution in [0.5, 0.6) is 11.5 Å². The highest BCUT2D eigenvalue weighted by atomic mass is 32.3. The topological polar surface area (TPSA) is 110 Å². The summed E-state index contributed by atoms with van der Waals surface area (Å²) in [6, 6.07) is 6.13. The van der Waals surface area contributed by atoms with Crippen molar-refractivity contribution in [2.24, 2.45) is 0 Å². The molecule has 0 saturated heterocycles. The van der Waals surface area contributed by atoms with Crippen LogP contribution in [0.3, 0.4) is 0 Å². The molecule has 3 rings (SSSR count). The highest BCUT2D eigenvalue weighted by Gasteiger charge is 2.16. The van der Waals surface area contributed by atoms with E-state index in [1.807, 2.05) is 0 Å². The van der Waals surface area contributed by atoms with Gasteiger partial charge in [-0.1, -0.05) is 12.7 Å². The van der Waals surface area contributed by atoms with Crippen LogP contribution in [-0.2, 0) is 10.4 Å². The minimum atomic E-state index is -4.70. The highest BCUT2D eigenvalue weighted by Crippen LogP contribution is 2.32. The molecule has 7 nitrogen and oxygen atoms in total. The number of nitrogens with zero attached hydrogens (tertiary/aromatic N) is 1. The average Bonchev–Trinajstić information content (AvgIpc) is 2.91. The highest BCUT2D eigenvalue weighted by molar-refractivity contribution is 7.81. The molecular weight excluding hydrogens is 341 g/mol. The molecule has 2 N–H and O–H groups in total. The van der Waals surface area contributed by atoms with Gasteiger partial charge in [0.05, 0.1) is 0 Å². The van der Waals surface area contributed by atoms with Crippen molar-refractivity contribution in [3.63, 3.8) is 0 Å². The van der Waals surface area contributed by atoms with E-state index >= 15 is 0 Å². The maximum Gasteiger partial charge on any atom is 0.446 e. The lowest BCUT2D eigenvalue weighted by Crippen LogP contribution is -2.06. The minimum absolute atomic E-state index is 0.0519. The summed E-state index contributed by atoms with van der Waals surface area (Å²) in [6.45, 7) is 3.58. The first kappa shape index (κ1) is 16.0. The van der Waals surface area contributed by atoms with Crippen molar-refractivity contribution in [3.8, 4) is 23.0 Å². The molecule has 0 radical (unpaired) electrons. The number of fused-ring (bicyclic) bond motifs is 1. The van der Waals surface area contributed by atoms with Crippen LogP contribution in [0.25, 0.3) is 28.6 Å². The molecule has 0 aliphatic heterocycles. The SMILES string of the molecule is C=Cc1cc(OS(=O)(=O)O)cc2nc(-c3ccc(O)c(F)c3)oc12. The normalized spacial score (nSPS) is 11.6. The van der Waals surface area contributed by atoms with E-state index in [2.05, 4.69) is 15.7 Å². The number of phenolic OH excluding ortho intramolecular Hbond substituents is 1. The second kappa shape index (κ2) is 5.62. The summed E-state index contributed by atoms with van der Waals surface area (Å²) in [5, 5.41) is 9.22. The van der Waals surface area contributed by atoms with Crippen LogP contribution >= 0.6 is 0 Å². The first-order valence-electron chi connectivity index (χ1n) is 6.49. The van der Waals surface area contributed by atoms with Crippen molar-refractivity contribution in [2.75, 3.05) is 0 Å². The molecule has 0 amide bonds. The second-order valence-electron chi connectivity index (χ2n) is 4.76. The van der Waals surface area contributed by atoms with Gasteiger partial charge in [-0.05, 0) is 24.3 Å². The predicted octanol–water partition coefficient (Wildman–Crippen LogP) is 3.16. The Bertz CT molecular complexity index is 1060. The van der Waals surface area contributed by atoms with Gasteiger partial charge >= 0.3 is 10.4 Å². The van der Waals surface area contributed by atoms with E-state index in [1.54, 1.807) is 0 Å². The molecule has 0 spiro atoms. The van der Waals surface area contributed by atoms with Gasteiger partial charge in [-0.15, -0.1) is 0 Å². The fraction of sp³-hybridized carbons (Fsp3) is 0. The maximum atomic E-state index is 13.5. The van der Waals surface area contributed by atoms with Gasteiger partial charge in [-0.3, -0.25) is 4.55 Å². The molecule has 0 fully saturated rings. The molecule has 0 bridgehead atoms. The third-order valence-electron chi connectivity index (χ3n) is 3.11. The number of phenols is 1. The average molecular weight is 351 g/mol. The lowest BCUT2D eigenvalue weighted by atomic mass is 10.2. The lowest BCUT2D eigenvalue weighted by molar-refractivity contribution is 0.387. The Kier molecular flexibility index (Phi) is 3.74. The number of halogens is 1. The van der Waals surface area contributed by atoms with Gasteiger partial charge in [0.15, 0.2) is 17.1 Å². The summed E-state index contributed by atoms with van der Waals surface area (Å²) in [7, 11) is -4.70. The van der Waals surface area contributed by atoms with Crippen molar-refractivity contribution >= 4 is 27.6 Å². The van der Waals surface area contributed by atoms with Crippen LogP contribution in [0, 0.1) is 5.82 Å². The van der Waals surface area contributed by atoms with Gasteiger partial charge in [0.2, 0.25) is 5.89 Å².